The summed E-state index contributed by atoms with van der Waals surface area (Å²) >= 11 is 12.0. The molecule has 0 unspecified atom stereocenters. The Balaban J connectivity index is 1.74. The van der Waals surface area contributed by atoms with Crippen molar-refractivity contribution in [3.8, 4) is 0 Å². The third kappa shape index (κ3) is 3.80. The third-order valence-electron chi connectivity index (χ3n) is 4.48. The molecule has 6 heteroatoms. The van der Waals surface area contributed by atoms with Crippen LogP contribution < -0.4 is 10.2 Å². The number of benzene rings is 2. The molecule has 130 valence electrons. The molecule has 1 aliphatic rings. The van der Waals surface area contributed by atoms with Crippen LogP contribution in [0.5, 0.6) is 0 Å². The Labute approximate surface area is 156 Å². The maximum atomic E-state index is 12.5. The number of amides is 2. The number of carbonyl (C=O) groups is 2. The van der Waals surface area contributed by atoms with Gasteiger partial charge in [0.05, 0.1) is 16.6 Å². The van der Waals surface area contributed by atoms with Crippen molar-refractivity contribution in [2.45, 2.75) is 20.3 Å². The number of hydrogen-bond donors (Lipinski definition) is 1. The lowest BCUT2D eigenvalue weighted by Crippen LogP contribution is -2.28. The molecule has 1 N–H and O–H groups in total. The minimum Gasteiger partial charge on any atom is -0.324 e. The average molecular weight is 377 g/mol. The number of rotatable bonds is 3. The molecule has 1 atom stereocenters. The zero-order valence-electron chi connectivity index (χ0n) is 14.0. The van der Waals surface area contributed by atoms with Crippen LogP contribution in [0.4, 0.5) is 11.4 Å². The number of anilines is 2. The van der Waals surface area contributed by atoms with Gasteiger partial charge in [-0.15, -0.1) is 0 Å². The summed E-state index contributed by atoms with van der Waals surface area (Å²) in [6.07, 6.45) is 0.178. The zero-order chi connectivity index (χ0) is 18.1. The summed E-state index contributed by atoms with van der Waals surface area (Å²) in [7, 11) is 0. The Morgan fingerprint density at radius 3 is 2.60 bits per heavy atom. The molecular weight excluding hydrogens is 359 g/mol. The predicted octanol–water partition coefficient (Wildman–Crippen LogP) is 4.60. The fourth-order valence-corrected chi connectivity index (χ4v) is 3.19. The van der Waals surface area contributed by atoms with Crippen LogP contribution in [0.2, 0.25) is 10.0 Å². The first-order valence-electron chi connectivity index (χ1n) is 7.98. The summed E-state index contributed by atoms with van der Waals surface area (Å²) in [5.41, 5.74) is 3.56. The van der Waals surface area contributed by atoms with Gasteiger partial charge in [0.25, 0.3) is 0 Å². The first-order chi connectivity index (χ1) is 11.8. The van der Waals surface area contributed by atoms with Crippen molar-refractivity contribution in [2.24, 2.45) is 5.92 Å². The summed E-state index contributed by atoms with van der Waals surface area (Å²) < 4.78 is 0. The van der Waals surface area contributed by atoms with Crippen LogP contribution in [0.25, 0.3) is 0 Å². The van der Waals surface area contributed by atoms with Crippen LogP contribution in [0, 0.1) is 19.8 Å². The first kappa shape index (κ1) is 17.8. The summed E-state index contributed by atoms with van der Waals surface area (Å²) in [6, 6.07) is 10.7. The number of aryl methyl sites for hydroxylation is 2. The monoisotopic (exact) mass is 376 g/mol. The second-order valence-corrected chi connectivity index (χ2v) is 7.13. The molecule has 3 rings (SSSR count). The molecule has 2 amide bonds. The number of halogens is 2. The molecule has 2 aromatic rings. The molecule has 1 heterocycles. The van der Waals surface area contributed by atoms with E-state index in [1.165, 1.54) is 5.56 Å². The van der Waals surface area contributed by atoms with Gasteiger partial charge in [0.15, 0.2) is 0 Å². The fraction of sp³-hybridized carbons (Fsp3) is 0.263. The van der Waals surface area contributed by atoms with Crippen LogP contribution >= 0.6 is 23.2 Å². The topological polar surface area (TPSA) is 49.4 Å². The highest BCUT2D eigenvalue weighted by Gasteiger charge is 2.35. The van der Waals surface area contributed by atoms with Crippen LogP contribution in [0.15, 0.2) is 36.4 Å². The Morgan fingerprint density at radius 1 is 1.12 bits per heavy atom. The van der Waals surface area contributed by atoms with E-state index in [2.05, 4.69) is 5.32 Å². The van der Waals surface area contributed by atoms with Crippen LogP contribution in [-0.2, 0) is 9.59 Å². The average Bonchev–Trinajstić information content (AvgIpc) is 2.95. The highest BCUT2D eigenvalue weighted by atomic mass is 35.5. The van der Waals surface area contributed by atoms with E-state index in [1.54, 1.807) is 23.1 Å². The maximum absolute atomic E-state index is 12.5. The van der Waals surface area contributed by atoms with Crippen molar-refractivity contribution in [2.75, 3.05) is 16.8 Å². The summed E-state index contributed by atoms with van der Waals surface area (Å²) in [5.74, 6) is -0.714. The largest absolute Gasteiger partial charge is 0.324 e. The summed E-state index contributed by atoms with van der Waals surface area (Å²) in [6.45, 7) is 4.38. The lowest BCUT2D eigenvalue weighted by Gasteiger charge is -2.18. The van der Waals surface area contributed by atoms with E-state index in [0.29, 0.717) is 22.3 Å². The Bertz CT molecular complexity index is 851. The van der Waals surface area contributed by atoms with Gasteiger partial charge in [-0.05, 0) is 55.3 Å². The van der Waals surface area contributed by atoms with Gasteiger partial charge in [0.2, 0.25) is 11.8 Å². The van der Waals surface area contributed by atoms with Crippen LogP contribution in [0.3, 0.4) is 0 Å². The molecule has 0 bridgehead atoms. The molecule has 0 radical (unpaired) electrons. The molecule has 0 aromatic heterocycles. The summed E-state index contributed by atoms with van der Waals surface area (Å²) in [4.78, 5) is 26.6. The molecule has 1 fully saturated rings. The molecule has 1 saturated heterocycles. The molecule has 2 aromatic carbocycles. The van der Waals surface area contributed by atoms with Crippen LogP contribution in [-0.4, -0.2) is 18.4 Å². The van der Waals surface area contributed by atoms with Gasteiger partial charge in [0.1, 0.15) is 0 Å². The van der Waals surface area contributed by atoms with Crippen molar-refractivity contribution in [1.29, 1.82) is 0 Å². The lowest BCUT2D eigenvalue weighted by molar-refractivity contribution is -0.122. The first-order valence-corrected chi connectivity index (χ1v) is 8.74. The standard InChI is InChI=1S/C19H18Cl2N2O2/c1-11-3-5-15(7-12(11)2)23-10-13(8-18(23)24)19(25)22-17-9-14(20)4-6-16(17)21/h3-7,9,13H,8,10H2,1-2H3,(H,22,25)/t13-/m1/s1. The number of nitrogens with zero attached hydrogens (tertiary/aromatic N) is 1. The number of nitrogens with one attached hydrogen (secondary N) is 1. The van der Waals surface area contributed by atoms with E-state index >= 15 is 0 Å². The Kier molecular flexibility index (Phi) is 5.02. The van der Waals surface area contributed by atoms with E-state index in [0.717, 1.165) is 11.3 Å². The predicted molar refractivity (Wildman–Crippen MR) is 101 cm³/mol. The van der Waals surface area contributed by atoms with Gasteiger partial charge in [-0.1, -0.05) is 29.3 Å². The molecule has 0 aliphatic carbocycles. The van der Waals surface area contributed by atoms with E-state index in [-0.39, 0.29) is 18.2 Å². The zero-order valence-corrected chi connectivity index (χ0v) is 15.5. The molecule has 1 aliphatic heterocycles. The van der Waals surface area contributed by atoms with Crippen molar-refractivity contribution < 1.29 is 9.59 Å². The minimum atomic E-state index is -0.427. The molecule has 0 spiro atoms. The van der Waals surface area contributed by atoms with Gasteiger partial charge in [-0.3, -0.25) is 9.59 Å². The maximum Gasteiger partial charge on any atom is 0.229 e. The number of carbonyl (C=O) groups excluding carboxylic acids is 2. The van der Waals surface area contributed by atoms with Gasteiger partial charge >= 0.3 is 0 Å². The van der Waals surface area contributed by atoms with E-state index < -0.39 is 5.92 Å². The molecule has 4 nitrogen and oxygen atoms in total. The van der Waals surface area contributed by atoms with Gasteiger partial charge in [0, 0.05) is 23.7 Å². The van der Waals surface area contributed by atoms with Crippen molar-refractivity contribution in [3.05, 3.63) is 57.6 Å². The van der Waals surface area contributed by atoms with Crippen molar-refractivity contribution in [1.82, 2.24) is 0 Å². The van der Waals surface area contributed by atoms with Crippen molar-refractivity contribution >= 4 is 46.4 Å². The molecule has 25 heavy (non-hydrogen) atoms. The fourth-order valence-electron chi connectivity index (χ4n) is 2.85. The van der Waals surface area contributed by atoms with Crippen LogP contribution in [0.1, 0.15) is 17.5 Å². The van der Waals surface area contributed by atoms with Gasteiger partial charge in [-0.2, -0.15) is 0 Å². The highest BCUT2D eigenvalue weighted by molar-refractivity contribution is 6.35. The lowest BCUT2D eigenvalue weighted by atomic mass is 10.1. The number of hydrogen-bond acceptors (Lipinski definition) is 2. The van der Waals surface area contributed by atoms with Crippen molar-refractivity contribution in [3.63, 3.8) is 0 Å². The van der Waals surface area contributed by atoms with Gasteiger partial charge in [-0.25, -0.2) is 0 Å². The van der Waals surface area contributed by atoms with Gasteiger partial charge < -0.3 is 10.2 Å². The van der Waals surface area contributed by atoms with E-state index in [9.17, 15) is 9.59 Å². The summed E-state index contributed by atoms with van der Waals surface area (Å²) in [5, 5.41) is 3.67. The molecule has 0 saturated carbocycles. The highest BCUT2D eigenvalue weighted by Crippen LogP contribution is 2.29. The smallest absolute Gasteiger partial charge is 0.229 e. The van der Waals surface area contributed by atoms with E-state index in [4.69, 9.17) is 23.2 Å². The third-order valence-corrected chi connectivity index (χ3v) is 5.05. The second-order valence-electron chi connectivity index (χ2n) is 6.29. The van der Waals surface area contributed by atoms with E-state index in [1.807, 2.05) is 32.0 Å². The minimum absolute atomic E-state index is 0.0550. The Hall–Kier alpha value is -2.04. The SMILES string of the molecule is Cc1ccc(N2C[C@H](C(=O)Nc3cc(Cl)ccc3Cl)CC2=O)cc1C. The normalized spacial score (nSPS) is 17.0. The second kappa shape index (κ2) is 7.06. The Morgan fingerprint density at radius 2 is 1.88 bits per heavy atom. The molecular formula is C19H18Cl2N2O2. The quantitative estimate of drug-likeness (QED) is 0.850.